The summed E-state index contributed by atoms with van der Waals surface area (Å²) in [5, 5.41) is 2.15. The molecule has 0 spiro atoms. The number of methoxy groups -OCH3 is 1. The number of hydrogen-bond donors (Lipinski definition) is 0. The van der Waals surface area contributed by atoms with Gasteiger partial charge in [-0.3, -0.25) is 4.79 Å². The molecule has 1 atom stereocenters. The molecule has 0 radical (unpaired) electrons. The summed E-state index contributed by atoms with van der Waals surface area (Å²) in [6, 6.07) is 4.38. The molecule has 1 saturated heterocycles. The summed E-state index contributed by atoms with van der Waals surface area (Å²) < 4.78 is 17.0. The molecule has 1 fully saturated rings. The van der Waals surface area contributed by atoms with Gasteiger partial charge in [0.25, 0.3) is 5.91 Å². The van der Waals surface area contributed by atoms with Crippen LogP contribution in [0.2, 0.25) is 0 Å². The molecule has 0 bridgehead atoms. The van der Waals surface area contributed by atoms with Gasteiger partial charge in [0.2, 0.25) is 6.79 Å². The minimum Gasteiger partial charge on any atom is -0.496 e. The van der Waals surface area contributed by atoms with Gasteiger partial charge in [-0.2, -0.15) is 0 Å². The van der Waals surface area contributed by atoms with E-state index in [0.717, 1.165) is 51.2 Å². The van der Waals surface area contributed by atoms with E-state index in [1.54, 1.807) is 12.0 Å². The van der Waals surface area contributed by atoms with Crippen LogP contribution in [-0.2, 0) is 16.0 Å². The van der Waals surface area contributed by atoms with Gasteiger partial charge < -0.3 is 19.1 Å². The average molecular weight is 377 g/mol. The Kier molecular flexibility index (Phi) is 3.69. The van der Waals surface area contributed by atoms with Crippen molar-refractivity contribution in [1.82, 2.24) is 4.90 Å². The first-order chi connectivity index (χ1) is 13.5. The van der Waals surface area contributed by atoms with Gasteiger partial charge in [0.05, 0.1) is 19.2 Å². The third kappa shape index (κ3) is 2.28. The number of ether oxygens (including phenoxy) is 3. The van der Waals surface area contributed by atoms with Crippen LogP contribution in [0.3, 0.4) is 0 Å². The number of rotatable bonds is 2. The average Bonchev–Trinajstić information content (AvgIpc) is 3.26. The largest absolute Gasteiger partial charge is 0.496 e. The van der Waals surface area contributed by atoms with Gasteiger partial charge in [0.1, 0.15) is 5.75 Å². The van der Waals surface area contributed by atoms with E-state index in [4.69, 9.17) is 14.2 Å². The van der Waals surface area contributed by atoms with Crippen LogP contribution in [-0.4, -0.2) is 31.8 Å². The molecule has 1 unspecified atom stereocenters. The molecule has 0 saturated carbocycles. The number of benzene rings is 2. The van der Waals surface area contributed by atoms with Crippen molar-refractivity contribution in [2.24, 2.45) is 0 Å². The maximum Gasteiger partial charge on any atom is 0.254 e. The van der Waals surface area contributed by atoms with Crippen LogP contribution in [0.4, 0.5) is 0 Å². The predicted octanol–water partition coefficient (Wildman–Crippen LogP) is 4.31. The maximum absolute atomic E-state index is 13.1. The molecular formula is C23H23NO4. The van der Waals surface area contributed by atoms with Crippen LogP contribution in [0.1, 0.15) is 45.0 Å². The molecule has 2 aromatic carbocycles. The van der Waals surface area contributed by atoms with E-state index >= 15 is 0 Å². The molecule has 2 aliphatic heterocycles. The Labute approximate surface area is 164 Å². The topological polar surface area (TPSA) is 48.0 Å². The Morgan fingerprint density at radius 3 is 2.57 bits per heavy atom. The second-order valence-corrected chi connectivity index (χ2v) is 7.79. The zero-order chi connectivity index (χ0) is 19.6. The normalized spacial score (nSPS) is 20.4. The Hall–Kier alpha value is -2.95. The Balaban J connectivity index is 1.84. The lowest BCUT2D eigenvalue weighted by molar-refractivity contribution is 0.0815. The van der Waals surface area contributed by atoms with Gasteiger partial charge >= 0.3 is 0 Å². The molecular weight excluding hydrogens is 354 g/mol. The summed E-state index contributed by atoms with van der Waals surface area (Å²) in [5.74, 6) is 2.51. The fourth-order valence-corrected chi connectivity index (χ4v) is 4.59. The summed E-state index contributed by atoms with van der Waals surface area (Å²) in [6.45, 7) is 5.04. The molecule has 1 aliphatic carbocycles. The number of allylic oxidation sites excluding steroid dienone is 2. The van der Waals surface area contributed by atoms with Crippen LogP contribution in [0.5, 0.6) is 5.75 Å². The number of fused-ring (bicyclic) bond motifs is 3. The summed E-state index contributed by atoms with van der Waals surface area (Å²) in [5.41, 5.74) is 5.26. The second kappa shape index (κ2) is 6.03. The van der Waals surface area contributed by atoms with Crippen LogP contribution >= 0.6 is 0 Å². The van der Waals surface area contributed by atoms with E-state index in [2.05, 4.69) is 38.1 Å². The molecule has 5 rings (SSSR count). The minimum absolute atomic E-state index is 0.0557. The molecule has 5 nitrogen and oxygen atoms in total. The van der Waals surface area contributed by atoms with Gasteiger partial charge in [-0.1, -0.05) is 6.07 Å². The first-order valence-corrected chi connectivity index (χ1v) is 9.56. The number of aryl methyl sites for hydroxylation is 2. The smallest absolute Gasteiger partial charge is 0.254 e. The van der Waals surface area contributed by atoms with Crippen LogP contribution in [0, 0.1) is 13.8 Å². The number of nitrogens with zero attached hydrogens (tertiary/aromatic N) is 1. The van der Waals surface area contributed by atoms with Crippen LogP contribution in [0.15, 0.2) is 35.8 Å². The van der Waals surface area contributed by atoms with Gasteiger partial charge in [-0.25, -0.2) is 0 Å². The van der Waals surface area contributed by atoms with Crippen molar-refractivity contribution >= 4 is 16.7 Å². The van der Waals surface area contributed by atoms with Crippen LogP contribution < -0.4 is 4.74 Å². The first-order valence-electron chi connectivity index (χ1n) is 9.56. The Bertz CT molecular complexity index is 1100. The molecule has 5 heteroatoms. The van der Waals surface area contributed by atoms with Crippen molar-refractivity contribution in [2.45, 2.75) is 32.7 Å². The quantitative estimate of drug-likeness (QED) is 0.782. The summed E-state index contributed by atoms with van der Waals surface area (Å²) in [7, 11) is 3.53. The molecule has 28 heavy (non-hydrogen) atoms. The van der Waals surface area contributed by atoms with Gasteiger partial charge in [0, 0.05) is 23.9 Å². The first kappa shape index (κ1) is 17.2. The van der Waals surface area contributed by atoms with Crippen molar-refractivity contribution in [2.75, 3.05) is 21.0 Å². The standard InChI is InChI=1S/C23H23NO4/c1-12-7-15-16(8-13(12)2)22(26-4)17-10-24(3)23(25)21(17)20(15)14-5-6-18-19(9-14)28-11-27-18/h6-9,14H,5,10-11H2,1-4H3. The highest BCUT2D eigenvalue weighted by Gasteiger charge is 2.36. The monoisotopic (exact) mass is 377 g/mol. The lowest BCUT2D eigenvalue weighted by Gasteiger charge is -2.23. The van der Waals surface area contributed by atoms with Crippen molar-refractivity contribution in [3.63, 3.8) is 0 Å². The molecule has 144 valence electrons. The zero-order valence-corrected chi connectivity index (χ0v) is 16.6. The van der Waals surface area contributed by atoms with E-state index < -0.39 is 0 Å². The summed E-state index contributed by atoms with van der Waals surface area (Å²) in [6.07, 6.45) is 4.95. The highest BCUT2D eigenvalue weighted by molar-refractivity contribution is 6.08. The molecule has 1 amide bonds. The van der Waals surface area contributed by atoms with E-state index in [-0.39, 0.29) is 18.6 Å². The Morgan fingerprint density at radius 2 is 1.82 bits per heavy atom. The highest BCUT2D eigenvalue weighted by atomic mass is 16.7. The lowest BCUT2D eigenvalue weighted by atomic mass is 9.82. The van der Waals surface area contributed by atoms with Gasteiger partial charge in [-0.05, 0) is 60.6 Å². The molecule has 2 heterocycles. The summed E-state index contributed by atoms with van der Waals surface area (Å²) in [4.78, 5) is 14.9. The minimum atomic E-state index is 0.0557. The number of carbonyl (C=O) groups is 1. The van der Waals surface area contributed by atoms with Crippen molar-refractivity contribution in [3.8, 4) is 5.75 Å². The molecule has 0 N–H and O–H groups in total. The molecule has 2 aromatic rings. The van der Waals surface area contributed by atoms with E-state index in [1.807, 2.05) is 7.05 Å². The van der Waals surface area contributed by atoms with E-state index in [9.17, 15) is 4.79 Å². The van der Waals surface area contributed by atoms with Crippen molar-refractivity contribution in [1.29, 1.82) is 0 Å². The van der Waals surface area contributed by atoms with E-state index in [0.29, 0.717) is 6.54 Å². The Morgan fingerprint density at radius 1 is 1.11 bits per heavy atom. The summed E-state index contributed by atoms with van der Waals surface area (Å²) >= 11 is 0. The van der Waals surface area contributed by atoms with Crippen LogP contribution in [0.25, 0.3) is 10.8 Å². The van der Waals surface area contributed by atoms with Crippen molar-refractivity contribution < 1.29 is 19.0 Å². The third-order valence-electron chi connectivity index (χ3n) is 6.13. The fraction of sp³-hybridized carbons (Fsp3) is 0.348. The molecule has 0 aromatic heterocycles. The third-order valence-corrected chi connectivity index (χ3v) is 6.13. The number of amides is 1. The van der Waals surface area contributed by atoms with Crippen molar-refractivity contribution in [3.05, 3.63) is 63.6 Å². The maximum atomic E-state index is 13.1. The van der Waals surface area contributed by atoms with E-state index in [1.165, 1.54) is 11.1 Å². The predicted molar refractivity (Wildman–Crippen MR) is 106 cm³/mol. The highest BCUT2D eigenvalue weighted by Crippen LogP contribution is 2.46. The lowest BCUT2D eigenvalue weighted by Crippen LogP contribution is -2.19. The number of carbonyl (C=O) groups excluding carboxylic acids is 1. The molecule has 3 aliphatic rings. The SMILES string of the molecule is COc1c2c(c(C3C=C4OCOC4=CC3)c3cc(C)c(C)cc13)C(=O)N(C)C2. The number of hydrogen-bond acceptors (Lipinski definition) is 4. The zero-order valence-electron chi connectivity index (χ0n) is 16.6. The second-order valence-electron chi connectivity index (χ2n) is 7.79. The van der Waals surface area contributed by atoms with Gasteiger partial charge in [0.15, 0.2) is 11.5 Å². The van der Waals surface area contributed by atoms with Gasteiger partial charge in [-0.15, -0.1) is 0 Å². The fourth-order valence-electron chi connectivity index (χ4n) is 4.59.